The lowest BCUT2D eigenvalue weighted by Gasteiger charge is -2.19. The molecule has 1 fully saturated rings. The van der Waals surface area contributed by atoms with E-state index < -0.39 is 12.7 Å². The fourth-order valence-corrected chi connectivity index (χ4v) is 2.51. The Bertz CT molecular complexity index is 375. The van der Waals surface area contributed by atoms with Crippen molar-refractivity contribution < 1.29 is 22.6 Å². The summed E-state index contributed by atoms with van der Waals surface area (Å²) in [5.74, 6) is 1.18. The fourth-order valence-electron chi connectivity index (χ4n) is 2.51. The SMILES string of the molecule is CN=C(NCCCOCC1CCOC1)NCCCN(C)CC(F)(F)F. The highest BCUT2D eigenvalue weighted by molar-refractivity contribution is 5.79. The van der Waals surface area contributed by atoms with Gasteiger partial charge in [-0.3, -0.25) is 9.89 Å². The Morgan fingerprint density at radius 3 is 2.60 bits per heavy atom. The minimum absolute atomic E-state index is 0.377. The molecule has 0 bridgehead atoms. The molecule has 0 aromatic heterocycles. The minimum atomic E-state index is -4.15. The Morgan fingerprint density at radius 1 is 1.28 bits per heavy atom. The molecule has 0 amide bonds. The van der Waals surface area contributed by atoms with E-state index in [0.717, 1.165) is 39.2 Å². The molecule has 0 aromatic carbocycles. The highest BCUT2D eigenvalue weighted by Crippen LogP contribution is 2.15. The smallest absolute Gasteiger partial charge is 0.381 e. The number of nitrogens with zero attached hydrogens (tertiary/aromatic N) is 2. The molecule has 6 nitrogen and oxygen atoms in total. The number of ether oxygens (including phenoxy) is 2. The highest BCUT2D eigenvalue weighted by Gasteiger charge is 2.28. The van der Waals surface area contributed by atoms with Gasteiger partial charge in [0, 0.05) is 39.3 Å². The van der Waals surface area contributed by atoms with Crippen molar-refractivity contribution in [2.75, 3.05) is 66.7 Å². The van der Waals surface area contributed by atoms with Crippen molar-refractivity contribution in [3.05, 3.63) is 0 Å². The molecule has 0 radical (unpaired) electrons. The van der Waals surface area contributed by atoms with Crippen LogP contribution in [-0.4, -0.2) is 83.7 Å². The summed E-state index contributed by atoms with van der Waals surface area (Å²) in [5.41, 5.74) is 0. The van der Waals surface area contributed by atoms with Gasteiger partial charge in [0.2, 0.25) is 0 Å². The Labute approximate surface area is 148 Å². The van der Waals surface area contributed by atoms with Crippen molar-refractivity contribution in [3.8, 4) is 0 Å². The van der Waals surface area contributed by atoms with Gasteiger partial charge in [-0.1, -0.05) is 0 Å². The summed E-state index contributed by atoms with van der Waals surface area (Å²) in [7, 11) is 3.14. The average Bonchev–Trinajstić information content (AvgIpc) is 3.04. The molecule has 25 heavy (non-hydrogen) atoms. The van der Waals surface area contributed by atoms with Gasteiger partial charge in [-0.2, -0.15) is 13.2 Å². The topological polar surface area (TPSA) is 58.1 Å². The lowest BCUT2D eigenvalue weighted by molar-refractivity contribution is -0.143. The molecule has 1 atom stereocenters. The van der Waals surface area contributed by atoms with Gasteiger partial charge in [-0.05, 0) is 32.9 Å². The first-order valence-corrected chi connectivity index (χ1v) is 8.76. The van der Waals surface area contributed by atoms with Gasteiger partial charge in [0.15, 0.2) is 5.96 Å². The maximum atomic E-state index is 12.2. The summed E-state index contributed by atoms with van der Waals surface area (Å²) in [6.07, 6.45) is -1.60. The van der Waals surface area contributed by atoms with Crippen molar-refractivity contribution in [2.24, 2.45) is 10.9 Å². The third kappa shape index (κ3) is 12.0. The first-order valence-electron chi connectivity index (χ1n) is 8.76. The number of aliphatic imine (C=N–C) groups is 1. The van der Waals surface area contributed by atoms with E-state index in [1.165, 1.54) is 11.9 Å². The van der Waals surface area contributed by atoms with Gasteiger partial charge in [0.25, 0.3) is 0 Å². The molecule has 0 aliphatic carbocycles. The van der Waals surface area contributed by atoms with Crippen LogP contribution in [0.2, 0.25) is 0 Å². The first-order chi connectivity index (χ1) is 11.9. The molecule has 1 unspecified atom stereocenters. The number of nitrogens with one attached hydrogen (secondary N) is 2. The zero-order valence-electron chi connectivity index (χ0n) is 15.2. The molecule has 1 rings (SSSR count). The van der Waals surface area contributed by atoms with Gasteiger partial charge < -0.3 is 20.1 Å². The van der Waals surface area contributed by atoms with E-state index in [2.05, 4.69) is 15.6 Å². The summed E-state index contributed by atoms with van der Waals surface area (Å²) in [6, 6.07) is 0. The quantitative estimate of drug-likeness (QED) is 0.329. The van der Waals surface area contributed by atoms with Crippen LogP contribution in [0.3, 0.4) is 0 Å². The van der Waals surface area contributed by atoms with Crippen LogP contribution in [0.5, 0.6) is 0 Å². The summed E-state index contributed by atoms with van der Waals surface area (Å²) >= 11 is 0. The number of hydrogen-bond acceptors (Lipinski definition) is 4. The number of halogens is 3. The van der Waals surface area contributed by atoms with Crippen molar-refractivity contribution in [1.82, 2.24) is 15.5 Å². The third-order valence-corrected chi connectivity index (χ3v) is 3.82. The maximum absolute atomic E-state index is 12.2. The van der Waals surface area contributed by atoms with Crippen LogP contribution < -0.4 is 10.6 Å². The van der Waals surface area contributed by atoms with E-state index in [1.807, 2.05) is 0 Å². The first kappa shape index (κ1) is 22.0. The van der Waals surface area contributed by atoms with Crippen LogP contribution in [0.4, 0.5) is 13.2 Å². The summed E-state index contributed by atoms with van der Waals surface area (Å²) in [5, 5.41) is 6.26. The average molecular weight is 368 g/mol. The van der Waals surface area contributed by atoms with E-state index in [1.54, 1.807) is 7.05 Å². The Balaban J connectivity index is 1.97. The van der Waals surface area contributed by atoms with E-state index in [9.17, 15) is 13.2 Å². The number of guanidine groups is 1. The second-order valence-electron chi connectivity index (χ2n) is 6.29. The van der Waals surface area contributed by atoms with Gasteiger partial charge >= 0.3 is 6.18 Å². The fraction of sp³-hybridized carbons (Fsp3) is 0.938. The van der Waals surface area contributed by atoms with E-state index >= 15 is 0 Å². The molecule has 0 saturated carbocycles. The highest BCUT2D eigenvalue weighted by atomic mass is 19.4. The van der Waals surface area contributed by atoms with Crippen molar-refractivity contribution in [2.45, 2.75) is 25.4 Å². The Kier molecular flexibility index (Phi) is 10.8. The van der Waals surface area contributed by atoms with Crippen LogP contribution in [0.1, 0.15) is 19.3 Å². The standard InChI is InChI=1S/C16H31F3N4O2/c1-20-15(21-6-3-8-23(2)13-16(17,18)19)22-7-4-9-24-11-14-5-10-25-12-14/h14H,3-13H2,1-2H3,(H2,20,21,22). The molecular weight excluding hydrogens is 337 g/mol. The largest absolute Gasteiger partial charge is 0.401 e. The van der Waals surface area contributed by atoms with Gasteiger partial charge in [-0.25, -0.2) is 0 Å². The Morgan fingerprint density at radius 2 is 2.00 bits per heavy atom. The van der Waals surface area contributed by atoms with Crippen LogP contribution >= 0.6 is 0 Å². The molecule has 1 aliphatic heterocycles. The zero-order valence-corrected chi connectivity index (χ0v) is 15.2. The molecule has 1 aliphatic rings. The maximum Gasteiger partial charge on any atom is 0.401 e. The van der Waals surface area contributed by atoms with Crippen LogP contribution in [-0.2, 0) is 9.47 Å². The van der Waals surface area contributed by atoms with Crippen molar-refractivity contribution in [1.29, 1.82) is 0 Å². The lowest BCUT2D eigenvalue weighted by Crippen LogP contribution is -2.39. The lowest BCUT2D eigenvalue weighted by atomic mass is 10.1. The van der Waals surface area contributed by atoms with Gasteiger partial charge in [0.1, 0.15) is 0 Å². The van der Waals surface area contributed by atoms with Gasteiger partial charge in [0.05, 0.1) is 19.8 Å². The predicted octanol–water partition coefficient (Wildman–Crippen LogP) is 1.48. The summed E-state index contributed by atoms with van der Waals surface area (Å²) < 4.78 is 47.5. The number of rotatable bonds is 11. The van der Waals surface area contributed by atoms with E-state index in [0.29, 0.717) is 38.0 Å². The molecule has 148 valence electrons. The van der Waals surface area contributed by atoms with E-state index in [4.69, 9.17) is 9.47 Å². The van der Waals surface area contributed by atoms with Crippen LogP contribution in [0, 0.1) is 5.92 Å². The monoisotopic (exact) mass is 368 g/mol. The van der Waals surface area contributed by atoms with Crippen LogP contribution in [0.25, 0.3) is 0 Å². The molecule has 0 spiro atoms. The summed E-state index contributed by atoms with van der Waals surface area (Å²) in [6.45, 7) is 3.86. The van der Waals surface area contributed by atoms with Gasteiger partial charge in [-0.15, -0.1) is 0 Å². The number of alkyl halides is 3. The third-order valence-electron chi connectivity index (χ3n) is 3.82. The molecule has 2 N–H and O–H groups in total. The Hall–Kier alpha value is -1.06. The van der Waals surface area contributed by atoms with Crippen LogP contribution in [0.15, 0.2) is 4.99 Å². The minimum Gasteiger partial charge on any atom is -0.381 e. The molecule has 1 heterocycles. The van der Waals surface area contributed by atoms with Crippen molar-refractivity contribution >= 4 is 5.96 Å². The zero-order chi connectivity index (χ0) is 18.5. The summed E-state index contributed by atoms with van der Waals surface area (Å²) in [4.78, 5) is 5.36. The predicted molar refractivity (Wildman–Crippen MR) is 91.9 cm³/mol. The number of hydrogen-bond donors (Lipinski definition) is 2. The van der Waals surface area contributed by atoms with Crippen molar-refractivity contribution in [3.63, 3.8) is 0 Å². The molecule has 1 saturated heterocycles. The molecule has 0 aromatic rings. The normalized spacial score (nSPS) is 18.8. The second-order valence-corrected chi connectivity index (χ2v) is 6.29. The molecule has 9 heteroatoms. The second kappa shape index (κ2) is 12.3. The molecular formula is C16H31F3N4O2. The van der Waals surface area contributed by atoms with E-state index in [-0.39, 0.29) is 0 Å².